The molecule has 0 bridgehead atoms. The van der Waals surface area contributed by atoms with Crippen LogP contribution in [0.25, 0.3) is 0 Å². The van der Waals surface area contributed by atoms with E-state index < -0.39 is 0 Å². The van der Waals surface area contributed by atoms with E-state index in [-0.39, 0.29) is 17.9 Å². The molecule has 88 valence electrons. The summed E-state index contributed by atoms with van der Waals surface area (Å²) in [5.74, 6) is 0.252. The summed E-state index contributed by atoms with van der Waals surface area (Å²) in [5, 5.41) is 2.91. The average Bonchev–Trinajstić information content (AvgIpc) is 2.48. The van der Waals surface area contributed by atoms with Crippen LogP contribution in [0.15, 0.2) is 0 Å². The predicted octanol–water partition coefficient (Wildman–Crippen LogP) is 1.70. The van der Waals surface area contributed by atoms with Crippen molar-refractivity contribution in [2.75, 3.05) is 13.7 Å². The van der Waals surface area contributed by atoms with Gasteiger partial charge in [-0.3, -0.25) is 4.79 Å². The predicted molar refractivity (Wildman–Crippen MR) is 61.5 cm³/mol. The largest absolute Gasteiger partial charge is 0.376 e. The Hall–Kier alpha value is -1.29. The van der Waals surface area contributed by atoms with Crippen LogP contribution in [0.5, 0.6) is 0 Å². The number of aromatic nitrogens is 1. The van der Waals surface area contributed by atoms with Crippen LogP contribution < -0.4 is 5.32 Å². The maximum absolute atomic E-state index is 11.9. The number of ether oxygens (including phenoxy) is 1. The van der Waals surface area contributed by atoms with Gasteiger partial charge in [-0.25, -0.2) is 0 Å². The molecule has 2 rings (SSSR count). The monoisotopic (exact) mass is 222 g/mol. The van der Waals surface area contributed by atoms with Gasteiger partial charge in [0.2, 0.25) is 0 Å². The summed E-state index contributed by atoms with van der Waals surface area (Å²) in [5.41, 5.74) is 3.84. The lowest BCUT2D eigenvalue weighted by molar-refractivity contribution is 0.0598. The molecule has 0 radical (unpaired) electrons. The topological polar surface area (TPSA) is 54.1 Å². The first-order valence-corrected chi connectivity index (χ1v) is 5.56. The molecule has 0 saturated heterocycles. The number of hydrogen-bond acceptors (Lipinski definition) is 2. The summed E-state index contributed by atoms with van der Waals surface area (Å²) in [6.45, 7) is 6.75. The van der Waals surface area contributed by atoms with Crippen LogP contribution in [0.2, 0.25) is 0 Å². The summed E-state index contributed by atoms with van der Waals surface area (Å²) in [6.07, 6.45) is -0.0149. The van der Waals surface area contributed by atoms with Gasteiger partial charge in [0.1, 0.15) is 5.69 Å². The maximum Gasteiger partial charge on any atom is 0.268 e. The fourth-order valence-electron chi connectivity index (χ4n) is 2.36. The van der Waals surface area contributed by atoms with Gasteiger partial charge in [-0.2, -0.15) is 0 Å². The molecule has 2 heterocycles. The van der Waals surface area contributed by atoms with Crippen molar-refractivity contribution in [3.8, 4) is 0 Å². The highest BCUT2D eigenvalue weighted by molar-refractivity contribution is 5.95. The first-order valence-electron chi connectivity index (χ1n) is 5.56. The van der Waals surface area contributed by atoms with E-state index in [0.717, 1.165) is 16.8 Å². The van der Waals surface area contributed by atoms with Gasteiger partial charge in [0.05, 0.1) is 6.10 Å². The molecule has 16 heavy (non-hydrogen) atoms. The molecule has 1 amide bonds. The van der Waals surface area contributed by atoms with Crippen LogP contribution in [0.3, 0.4) is 0 Å². The Morgan fingerprint density at radius 1 is 1.38 bits per heavy atom. The van der Waals surface area contributed by atoms with Gasteiger partial charge in [0, 0.05) is 30.8 Å². The Balaban J connectivity index is 2.59. The zero-order valence-electron chi connectivity index (χ0n) is 10.2. The Morgan fingerprint density at radius 3 is 2.69 bits per heavy atom. The van der Waals surface area contributed by atoms with E-state index in [1.807, 2.05) is 13.8 Å². The van der Waals surface area contributed by atoms with Crippen LogP contribution in [-0.4, -0.2) is 24.5 Å². The third-order valence-electron chi connectivity index (χ3n) is 3.42. The highest BCUT2D eigenvalue weighted by atomic mass is 16.5. The summed E-state index contributed by atoms with van der Waals surface area (Å²) >= 11 is 0. The van der Waals surface area contributed by atoms with Crippen molar-refractivity contribution in [3.05, 3.63) is 22.5 Å². The summed E-state index contributed by atoms with van der Waals surface area (Å²) in [4.78, 5) is 15.0. The second kappa shape index (κ2) is 3.94. The molecule has 2 unspecified atom stereocenters. The molecule has 4 heteroatoms. The minimum atomic E-state index is -0.0300. The number of aryl methyl sites for hydroxylation is 1. The fourth-order valence-corrected chi connectivity index (χ4v) is 2.36. The molecule has 1 aliphatic heterocycles. The molecule has 1 aromatic rings. The van der Waals surface area contributed by atoms with Crippen LogP contribution in [-0.2, 0) is 4.74 Å². The van der Waals surface area contributed by atoms with Crippen molar-refractivity contribution in [2.24, 2.45) is 5.92 Å². The SMILES string of the molecule is COC1c2c([nH]c(C)c2C)C(=O)NCC1C. The second-order valence-electron chi connectivity index (χ2n) is 4.51. The molecule has 2 atom stereocenters. The van der Waals surface area contributed by atoms with Crippen LogP contribution in [0.4, 0.5) is 0 Å². The third-order valence-corrected chi connectivity index (χ3v) is 3.42. The number of hydrogen-bond donors (Lipinski definition) is 2. The van der Waals surface area contributed by atoms with Crippen molar-refractivity contribution in [2.45, 2.75) is 26.9 Å². The van der Waals surface area contributed by atoms with Crippen LogP contribution in [0, 0.1) is 19.8 Å². The van der Waals surface area contributed by atoms with Crippen molar-refractivity contribution < 1.29 is 9.53 Å². The molecule has 4 nitrogen and oxygen atoms in total. The van der Waals surface area contributed by atoms with Crippen molar-refractivity contribution >= 4 is 5.91 Å². The number of rotatable bonds is 1. The lowest BCUT2D eigenvalue weighted by atomic mass is 9.95. The molecular weight excluding hydrogens is 204 g/mol. The normalized spacial score (nSPS) is 24.9. The Bertz CT molecular complexity index is 423. The van der Waals surface area contributed by atoms with Crippen LogP contribution >= 0.6 is 0 Å². The van der Waals surface area contributed by atoms with E-state index in [0.29, 0.717) is 12.2 Å². The summed E-state index contributed by atoms with van der Waals surface area (Å²) < 4.78 is 5.54. The zero-order valence-corrected chi connectivity index (χ0v) is 10.2. The number of carbonyl (C=O) groups excluding carboxylic acids is 1. The first kappa shape index (κ1) is 11.2. The van der Waals surface area contributed by atoms with Gasteiger partial charge in [-0.1, -0.05) is 6.92 Å². The standard InChI is InChI=1S/C12H18N2O2/c1-6-5-13-12(15)10-9(11(6)16-4)7(2)8(3)14-10/h6,11,14H,5H2,1-4H3,(H,13,15). The molecule has 0 aromatic carbocycles. The molecule has 0 aliphatic carbocycles. The Kier molecular flexibility index (Phi) is 2.76. The summed E-state index contributed by atoms with van der Waals surface area (Å²) in [6, 6.07) is 0. The highest BCUT2D eigenvalue weighted by Gasteiger charge is 2.31. The van der Waals surface area contributed by atoms with Gasteiger partial charge in [0.15, 0.2) is 0 Å². The highest BCUT2D eigenvalue weighted by Crippen LogP contribution is 2.33. The lowest BCUT2D eigenvalue weighted by Gasteiger charge is -2.20. The number of amides is 1. The molecule has 1 aromatic heterocycles. The number of nitrogens with one attached hydrogen (secondary N) is 2. The molecular formula is C12H18N2O2. The third kappa shape index (κ3) is 1.53. The van der Waals surface area contributed by atoms with E-state index in [1.54, 1.807) is 7.11 Å². The van der Waals surface area contributed by atoms with Gasteiger partial charge in [-0.05, 0) is 19.4 Å². The molecule has 0 saturated carbocycles. The first-order chi connectivity index (χ1) is 7.56. The number of aromatic amines is 1. The molecule has 1 aliphatic rings. The van der Waals surface area contributed by atoms with Gasteiger partial charge < -0.3 is 15.0 Å². The fraction of sp³-hybridized carbons (Fsp3) is 0.583. The van der Waals surface area contributed by atoms with Gasteiger partial charge >= 0.3 is 0 Å². The Labute approximate surface area is 95.4 Å². The second-order valence-corrected chi connectivity index (χ2v) is 4.51. The lowest BCUT2D eigenvalue weighted by Crippen LogP contribution is -2.27. The zero-order chi connectivity index (χ0) is 11.9. The van der Waals surface area contributed by atoms with Crippen LogP contribution in [0.1, 0.15) is 40.3 Å². The quantitative estimate of drug-likeness (QED) is 0.760. The van der Waals surface area contributed by atoms with E-state index >= 15 is 0 Å². The Morgan fingerprint density at radius 2 is 2.06 bits per heavy atom. The van der Waals surface area contributed by atoms with E-state index in [2.05, 4.69) is 17.2 Å². The van der Waals surface area contributed by atoms with Gasteiger partial charge in [-0.15, -0.1) is 0 Å². The maximum atomic E-state index is 11.9. The van der Waals surface area contributed by atoms with E-state index in [1.165, 1.54) is 0 Å². The van der Waals surface area contributed by atoms with E-state index in [4.69, 9.17) is 4.74 Å². The average molecular weight is 222 g/mol. The van der Waals surface area contributed by atoms with E-state index in [9.17, 15) is 4.79 Å². The summed E-state index contributed by atoms with van der Waals surface area (Å²) in [7, 11) is 1.70. The smallest absolute Gasteiger partial charge is 0.268 e. The number of H-pyrrole nitrogens is 1. The minimum absolute atomic E-state index is 0.0149. The number of methoxy groups -OCH3 is 1. The molecule has 2 N–H and O–H groups in total. The van der Waals surface area contributed by atoms with Gasteiger partial charge in [0.25, 0.3) is 5.91 Å². The van der Waals surface area contributed by atoms with Crippen molar-refractivity contribution in [3.63, 3.8) is 0 Å². The molecule has 0 fully saturated rings. The number of fused-ring (bicyclic) bond motifs is 1. The van der Waals surface area contributed by atoms with Crippen molar-refractivity contribution in [1.82, 2.24) is 10.3 Å². The minimum Gasteiger partial charge on any atom is -0.376 e. The molecule has 0 spiro atoms. The van der Waals surface area contributed by atoms with Crippen molar-refractivity contribution in [1.29, 1.82) is 0 Å². The number of carbonyl (C=O) groups is 1.